The van der Waals surface area contributed by atoms with E-state index in [2.05, 4.69) is 27.4 Å². The summed E-state index contributed by atoms with van der Waals surface area (Å²) in [6.45, 7) is 1.34. The van der Waals surface area contributed by atoms with Crippen LogP contribution < -0.4 is 14.8 Å². The third kappa shape index (κ3) is 4.40. The number of hydrogen-bond donors (Lipinski definition) is 2. The lowest BCUT2D eigenvalue weighted by atomic mass is 9.97. The van der Waals surface area contributed by atoms with Crippen LogP contribution in [0.4, 0.5) is 10.5 Å². The first-order valence-electron chi connectivity index (χ1n) is 10.1. The molecular formula is C23H26N4O3. The fourth-order valence-electron chi connectivity index (χ4n) is 3.78. The Labute approximate surface area is 176 Å². The number of methoxy groups -OCH3 is 2. The smallest absolute Gasteiger partial charge is 0.321 e. The molecular weight excluding hydrogens is 380 g/mol. The summed E-state index contributed by atoms with van der Waals surface area (Å²) in [4.78, 5) is 22.7. The number of nitrogens with one attached hydrogen (secondary N) is 2. The molecule has 0 bridgehead atoms. The lowest BCUT2D eigenvalue weighted by Crippen LogP contribution is -2.41. The maximum absolute atomic E-state index is 12.9. The van der Waals surface area contributed by atoms with E-state index in [0.717, 1.165) is 36.5 Å². The van der Waals surface area contributed by atoms with Gasteiger partial charge in [0.15, 0.2) is 0 Å². The highest BCUT2D eigenvalue weighted by Gasteiger charge is 2.27. The Bertz CT molecular complexity index is 980. The molecule has 1 saturated heterocycles. The van der Waals surface area contributed by atoms with Gasteiger partial charge in [-0.2, -0.15) is 0 Å². The minimum absolute atomic E-state index is 0.134. The van der Waals surface area contributed by atoms with Gasteiger partial charge in [-0.25, -0.2) is 9.78 Å². The van der Waals surface area contributed by atoms with Crippen molar-refractivity contribution in [2.24, 2.45) is 0 Å². The van der Waals surface area contributed by atoms with Gasteiger partial charge < -0.3 is 24.7 Å². The van der Waals surface area contributed by atoms with Crippen LogP contribution in [-0.2, 0) is 0 Å². The zero-order valence-corrected chi connectivity index (χ0v) is 17.2. The highest BCUT2D eigenvalue weighted by molar-refractivity contribution is 5.90. The van der Waals surface area contributed by atoms with E-state index in [1.807, 2.05) is 29.3 Å². The molecule has 1 aliphatic rings. The Kier molecular flexibility index (Phi) is 5.88. The van der Waals surface area contributed by atoms with Crippen molar-refractivity contribution in [1.82, 2.24) is 14.9 Å². The summed E-state index contributed by atoms with van der Waals surface area (Å²) in [5.41, 5.74) is 2.74. The van der Waals surface area contributed by atoms with Gasteiger partial charge in [-0.15, -0.1) is 0 Å². The third-order valence-corrected chi connectivity index (χ3v) is 5.38. The Morgan fingerprint density at radius 3 is 2.57 bits per heavy atom. The fraction of sp³-hybridized carbons (Fsp3) is 0.304. The molecule has 4 rings (SSSR count). The van der Waals surface area contributed by atoms with Gasteiger partial charge in [-0.05, 0) is 18.4 Å². The number of likely N-dealkylation sites (tertiary alicyclic amines) is 1. The van der Waals surface area contributed by atoms with Crippen LogP contribution in [0.3, 0.4) is 0 Å². The van der Waals surface area contributed by atoms with Crippen molar-refractivity contribution < 1.29 is 14.3 Å². The molecule has 1 fully saturated rings. The summed E-state index contributed by atoms with van der Waals surface area (Å²) in [6, 6.07) is 15.3. The molecule has 0 aliphatic carbocycles. The van der Waals surface area contributed by atoms with Crippen LogP contribution in [0.25, 0.3) is 11.3 Å². The highest BCUT2D eigenvalue weighted by Crippen LogP contribution is 2.29. The number of benzene rings is 2. The van der Waals surface area contributed by atoms with Gasteiger partial charge in [0.25, 0.3) is 0 Å². The summed E-state index contributed by atoms with van der Waals surface area (Å²) in [6.07, 6.45) is 3.80. The van der Waals surface area contributed by atoms with Crippen molar-refractivity contribution in [2.45, 2.75) is 18.8 Å². The van der Waals surface area contributed by atoms with Crippen LogP contribution in [0.2, 0.25) is 0 Å². The molecule has 0 saturated carbocycles. The van der Waals surface area contributed by atoms with Gasteiger partial charge in [0.2, 0.25) is 0 Å². The Morgan fingerprint density at radius 2 is 1.87 bits per heavy atom. The van der Waals surface area contributed by atoms with Crippen LogP contribution in [0.15, 0.2) is 54.7 Å². The second-order valence-corrected chi connectivity index (χ2v) is 7.36. The van der Waals surface area contributed by atoms with Crippen molar-refractivity contribution >= 4 is 11.7 Å². The number of urea groups is 1. The van der Waals surface area contributed by atoms with Crippen LogP contribution in [-0.4, -0.2) is 48.2 Å². The van der Waals surface area contributed by atoms with Gasteiger partial charge in [0.1, 0.15) is 17.3 Å². The summed E-state index contributed by atoms with van der Waals surface area (Å²) in [5, 5.41) is 2.96. The monoisotopic (exact) mass is 406 g/mol. The Morgan fingerprint density at radius 1 is 1.13 bits per heavy atom. The van der Waals surface area contributed by atoms with Gasteiger partial charge >= 0.3 is 6.03 Å². The van der Waals surface area contributed by atoms with Crippen molar-refractivity contribution in [3.63, 3.8) is 0 Å². The van der Waals surface area contributed by atoms with E-state index >= 15 is 0 Å². The number of hydrogen-bond acceptors (Lipinski definition) is 4. The predicted octanol–water partition coefficient (Wildman–Crippen LogP) is 4.51. The van der Waals surface area contributed by atoms with E-state index in [4.69, 9.17) is 9.47 Å². The molecule has 7 heteroatoms. The zero-order valence-electron chi connectivity index (χ0n) is 17.2. The number of nitrogens with zero attached hydrogens (tertiary/aromatic N) is 2. The SMILES string of the molecule is COc1cc(NC(=O)N2CCC[C@@H](c3ncc(-c4ccccc4)[nH]3)C2)cc(OC)c1. The molecule has 3 aromatic rings. The number of aromatic nitrogens is 2. The first-order valence-corrected chi connectivity index (χ1v) is 10.1. The van der Waals surface area contributed by atoms with Gasteiger partial charge in [0.05, 0.1) is 26.1 Å². The van der Waals surface area contributed by atoms with Gasteiger partial charge in [-0.3, -0.25) is 0 Å². The highest BCUT2D eigenvalue weighted by atomic mass is 16.5. The standard InChI is InChI=1S/C23H26N4O3/c1-29-19-11-18(12-20(13-19)30-2)25-23(28)27-10-6-9-17(15-27)22-24-14-21(26-22)16-7-4-3-5-8-16/h3-5,7-8,11-14,17H,6,9-10,15H2,1-2H3,(H,24,26)(H,25,28)/t17-/m1/s1. The molecule has 0 unspecified atom stereocenters. The Hall–Kier alpha value is -3.48. The number of imidazole rings is 1. The molecule has 1 aromatic heterocycles. The predicted molar refractivity (Wildman–Crippen MR) is 116 cm³/mol. The summed E-state index contributed by atoms with van der Waals surface area (Å²) >= 11 is 0. The first kappa shape index (κ1) is 19.8. The second kappa shape index (κ2) is 8.90. The van der Waals surface area contributed by atoms with Crippen molar-refractivity contribution in [2.75, 3.05) is 32.6 Å². The van der Waals surface area contributed by atoms with E-state index in [-0.39, 0.29) is 11.9 Å². The number of amides is 2. The largest absolute Gasteiger partial charge is 0.497 e. The molecule has 2 amide bonds. The number of ether oxygens (including phenoxy) is 2. The number of carbonyl (C=O) groups is 1. The molecule has 30 heavy (non-hydrogen) atoms. The van der Waals surface area contributed by atoms with Crippen molar-refractivity contribution in [3.05, 3.63) is 60.6 Å². The summed E-state index contributed by atoms with van der Waals surface area (Å²) < 4.78 is 10.6. The maximum atomic E-state index is 12.9. The molecule has 2 aromatic carbocycles. The lowest BCUT2D eigenvalue weighted by molar-refractivity contribution is 0.191. The number of carbonyl (C=O) groups excluding carboxylic acids is 1. The quantitative estimate of drug-likeness (QED) is 0.654. The van der Waals surface area contributed by atoms with Crippen LogP contribution in [0.1, 0.15) is 24.6 Å². The van der Waals surface area contributed by atoms with E-state index in [1.54, 1.807) is 32.4 Å². The second-order valence-electron chi connectivity index (χ2n) is 7.36. The molecule has 1 aliphatic heterocycles. The summed E-state index contributed by atoms with van der Waals surface area (Å²) in [7, 11) is 3.17. The van der Waals surface area contributed by atoms with Crippen LogP contribution in [0, 0.1) is 0 Å². The normalized spacial score (nSPS) is 16.2. The van der Waals surface area contributed by atoms with E-state index in [1.165, 1.54) is 0 Å². The zero-order chi connectivity index (χ0) is 20.9. The summed E-state index contributed by atoms with van der Waals surface area (Å²) in [5.74, 6) is 2.37. The number of piperidine rings is 1. The molecule has 1 atom stereocenters. The van der Waals surface area contributed by atoms with E-state index in [9.17, 15) is 4.79 Å². The molecule has 0 radical (unpaired) electrons. The Balaban J connectivity index is 1.44. The van der Waals surface area contributed by atoms with Crippen molar-refractivity contribution in [3.8, 4) is 22.8 Å². The van der Waals surface area contributed by atoms with Crippen LogP contribution >= 0.6 is 0 Å². The average Bonchev–Trinajstić information content (AvgIpc) is 3.30. The minimum atomic E-state index is -0.134. The van der Waals surface area contributed by atoms with Gasteiger partial charge in [-0.1, -0.05) is 30.3 Å². The van der Waals surface area contributed by atoms with E-state index in [0.29, 0.717) is 23.7 Å². The number of anilines is 1. The average molecular weight is 406 g/mol. The maximum Gasteiger partial charge on any atom is 0.321 e. The number of H-pyrrole nitrogens is 1. The van der Waals surface area contributed by atoms with E-state index < -0.39 is 0 Å². The molecule has 156 valence electrons. The molecule has 2 heterocycles. The van der Waals surface area contributed by atoms with Crippen molar-refractivity contribution in [1.29, 1.82) is 0 Å². The first-order chi connectivity index (χ1) is 14.7. The molecule has 2 N–H and O–H groups in total. The van der Waals surface area contributed by atoms with Gasteiger partial charge in [0, 0.05) is 42.9 Å². The molecule has 0 spiro atoms. The third-order valence-electron chi connectivity index (χ3n) is 5.38. The topological polar surface area (TPSA) is 79.5 Å². The lowest BCUT2D eigenvalue weighted by Gasteiger charge is -2.32. The minimum Gasteiger partial charge on any atom is -0.497 e. The number of aromatic amines is 1. The molecule has 7 nitrogen and oxygen atoms in total. The fourth-order valence-corrected chi connectivity index (χ4v) is 3.78. The van der Waals surface area contributed by atoms with Crippen LogP contribution in [0.5, 0.6) is 11.5 Å². The number of rotatable bonds is 5.